The molecule has 0 atom stereocenters. The van der Waals surface area contributed by atoms with Crippen molar-refractivity contribution in [1.82, 2.24) is 4.98 Å². The summed E-state index contributed by atoms with van der Waals surface area (Å²) in [5.74, 6) is -2.41. The Bertz CT molecular complexity index is 589. The van der Waals surface area contributed by atoms with Crippen LogP contribution < -0.4 is 11.1 Å². The summed E-state index contributed by atoms with van der Waals surface area (Å²) in [5, 5.41) is 2.14. The van der Waals surface area contributed by atoms with Crippen LogP contribution in [0.3, 0.4) is 0 Å². The van der Waals surface area contributed by atoms with Gasteiger partial charge in [-0.1, -0.05) is 15.9 Å². The highest BCUT2D eigenvalue weighted by Crippen LogP contribution is 2.24. The van der Waals surface area contributed by atoms with Gasteiger partial charge in [-0.05, 0) is 18.2 Å². The predicted molar refractivity (Wildman–Crippen MR) is 67.2 cm³/mol. The van der Waals surface area contributed by atoms with E-state index in [1.165, 1.54) is 12.3 Å². The van der Waals surface area contributed by atoms with Crippen LogP contribution in [0, 0.1) is 11.6 Å². The van der Waals surface area contributed by atoms with Gasteiger partial charge in [0.2, 0.25) is 0 Å². The van der Waals surface area contributed by atoms with E-state index in [1.807, 2.05) is 0 Å². The Labute approximate surface area is 109 Å². The van der Waals surface area contributed by atoms with Gasteiger partial charge < -0.3 is 16.0 Å². The zero-order valence-corrected chi connectivity index (χ0v) is 10.5. The number of carbonyl (C=O) groups is 1. The van der Waals surface area contributed by atoms with Crippen molar-refractivity contribution < 1.29 is 13.6 Å². The Kier molecular flexibility index (Phi) is 3.33. The molecule has 18 heavy (non-hydrogen) atoms. The van der Waals surface area contributed by atoms with E-state index in [0.717, 1.165) is 12.1 Å². The molecule has 94 valence electrons. The number of nitrogen functional groups attached to an aromatic ring is 1. The summed E-state index contributed by atoms with van der Waals surface area (Å²) in [4.78, 5) is 14.3. The van der Waals surface area contributed by atoms with Gasteiger partial charge in [-0.25, -0.2) is 8.78 Å². The van der Waals surface area contributed by atoms with Crippen LogP contribution in [-0.4, -0.2) is 10.9 Å². The molecule has 1 amide bonds. The number of carbonyl (C=O) groups excluding carboxylic acids is 1. The molecule has 0 aliphatic carbocycles. The molecule has 1 aromatic heterocycles. The maximum absolute atomic E-state index is 13.5. The van der Waals surface area contributed by atoms with Crippen LogP contribution in [0.2, 0.25) is 0 Å². The van der Waals surface area contributed by atoms with Crippen LogP contribution in [0.25, 0.3) is 0 Å². The number of hydrogen-bond acceptors (Lipinski definition) is 2. The van der Waals surface area contributed by atoms with Crippen molar-refractivity contribution >= 4 is 33.2 Å². The van der Waals surface area contributed by atoms with Crippen molar-refractivity contribution in [2.75, 3.05) is 11.1 Å². The van der Waals surface area contributed by atoms with Gasteiger partial charge in [0.15, 0.2) is 11.6 Å². The highest BCUT2D eigenvalue weighted by Gasteiger charge is 2.15. The van der Waals surface area contributed by atoms with Crippen LogP contribution in [0.4, 0.5) is 20.2 Å². The third-order valence-corrected chi connectivity index (χ3v) is 2.65. The van der Waals surface area contributed by atoms with E-state index in [4.69, 9.17) is 5.73 Å². The molecule has 0 spiro atoms. The Morgan fingerprint density at radius 2 is 1.89 bits per heavy atom. The van der Waals surface area contributed by atoms with Crippen molar-refractivity contribution in [3.8, 4) is 0 Å². The number of hydrogen-bond donors (Lipinski definition) is 3. The molecule has 0 saturated heterocycles. The van der Waals surface area contributed by atoms with Crippen molar-refractivity contribution in [3.63, 3.8) is 0 Å². The number of aromatic amines is 1. The van der Waals surface area contributed by atoms with Crippen LogP contribution in [0.5, 0.6) is 0 Å². The molecular formula is C11H8BrF2N3O. The second kappa shape index (κ2) is 4.77. The molecule has 7 heteroatoms. The topological polar surface area (TPSA) is 70.9 Å². The first-order valence-corrected chi connectivity index (χ1v) is 5.66. The highest BCUT2D eigenvalue weighted by atomic mass is 79.9. The molecule has 0 aliphatic heterocycles. The minimum Gasteiger partial charge on any atom is -0.397 e. The fourth-order valence-corrected chi connectivity index (χ4v) is 1.79. The van der Waals surface area contributed by atoms with Gasteiger partial charge in [-0.2, -0.15) is 0 Å². The fraction of sp³-hybridized carbons (Fsp3) is 0. The van der Waals surface area contributed by atoms with E-state index in [1.54, 1.807) is 0 Å². The lowest BCUT2D eigenvalue weighted by Crippen LogP contribution is -2.14. The number of benzene rings is 1. The summed E-state index contributed by atoms with van der Waals surface area (Å²) in [6.45, 7) is 0. The quantitative estimate of drug-likeness (QED) is 0.797. The molecule has 2 aromatic rings. The lowest BCUT2D eigenvalue weighted by atomic mass is 10.2. The maximum Gasteiger partial charge on any atom is 0.272 e. The highest BCUT2D eigenvalue weighted by molar-refractivity contribution is 9.10. The molecular weight excluding hydrogens is 308 g/mol. The maximum atomic E-state index is 13.5. The number of H-pyrrole nitrogens is 1. The predicted octanol–water partition coefficient (Wildman–Crippen LogP) is 2.89. The van der Waals surface area contributed by atoms with E-state index < -0.39 is 23.2 Å². The van der Waals surface area contributed by atoms with Crippen molar-refractivity contribution in [1.29, 1.82) is 0 Å². The Morgan fingerprint density at radius 3 is 2.39 bits per heavy atom. The SMILES string of the molecule is Nc1c[nH]c(C(=O)Nc2c(F)cc(Br)cc2F)c1. The minimum absolute atomic E-state index is 0.120. The van der Waals surface area contributed by atoms with E-state index in [-0.39, 0.29) is 10.2 Å². The Balaban J connectivity index is 2.27. The molecule has 0 aliphatic rings. The summed E-state index contributed by atoms with van der Waals surface area (Å²) >= 11 is 2.95. The molecule has 0 saturated carbocycles. The second-order valence-electron chi connectivity index (χ2n) is 3.55. The van der Waals surface area contributed by atoms with Gasteiger partial charge in [0.25, 0.3) is 5.91 Å². The molecule has 4 N–H and O–H groups in total. The summed E-state index contributed by atoms with van der Waals surface area (Å²) < 4.78 is 27.2. The normalized spacial score (nSPS) is 10.4. The zero-order chi connectivity index (χ0) is 13.3. The van der Waals surface area contributed by atoms with Crippen molar-refractivity contribution in [2.24, 2.45) is 0 Å². The average molecular weight is 316 g/mol. The minimum atomic E-state index is -0.866. The lowest BCUT2D eigenvalue weighted by Gasteiger charge is -2.07. The van der Waals surface area contributed by atoms with Gasteiger partial charge in [-0.15, -0.1) is 0 Å². The number of rotatable bonds is 2. The lowest BCUT2D eigenvalue weighted by molar-refractivity contribution is 0.102. The smallest absolute Gasteiger partial charge is 0.272 e. The summed E-state index contributed by atoms with van der Waals surface area (Å²) in [7, 11) is 0. The van der Waals surface area contributed by atoms with Crippen LogP contribution in [0.15, 0.2) is 28.9 Å². The third-order valence-electron chi connectivity index (χ3n) is 2.20. The molecule has 4 nitrogen and oxygen atoms in total. The van der Waals surface area contributed by atoms with Crippen LogP contribution >= 0.6 is 15.9 Å². The molecule has 0 radical (unpaired) electrons. The molecule has 2 rings (SSSR count). The number of nitrogens with two attached hydrogens (primary N) is 1. The van der Waals surface area contributed by atoms with E-state index in [2.05, 4.69) is 26.2 Å². The first-order chi connectivity index (χ1) is 8.47. The summed E-state index contributed by atoms with van der Waals surface area (Å²) in [5.41, 5.74) is 5.40. The van der Waals surface area contributed by atoms with E-state index in [0.29, 0.717) is 5.69 Å². The Hall–Kier alpha value is -1.89. The molecule has 0 unspecified atom stereocenters. The van der Waals surface area contributed by atoms with Crippen LogP contribution in [-0.2, 0) is 0 Å². The van der Waals surface area contributed by atoms with Gasteiger partial charge in [0, 0.05) is 16.4 Å². The molecule has 0 fully saturated rings. The van der Waals surface area contributed by atoms with E-state index >= 15 is 0 Å². The summed E-state index contributed by atoms with van der Waals surface area (Å²) in [6, 6.07) is 3.48. The number of nitrogens with one attached hydrogen (secondary N) is 2. The molecule has 1 heterocycles. The zero-order valence-electron chi connectivity index (χ0n) is 8.93. The van der Waals surface area contributed by atoms with Crippen LogP contribution in [0.1, 0.15) is 10.5 Å². The molecule has 1 aromatic carbocycles. The standard InChI is InChI=1S/C11H8BrF2N3O/c12-5-1-7(13)10(8(14)2-5)17-11(18)9-3-6(15)4-16-9/h1-4,16H,15H2,(H,17,18). The first-order valence-electron chi connectivity index (χ1n) is 4.87. The summed E-state index contributed by atoms with van der Waals surface area (Å²) in [6.07, 6.45) is 1.41. The number of amides is 1. The number of aromatic nitrogens is 1. The third kappa shape index (κ3) is 2.51. The van der Waals surface area contributed by atoms with Gasteiger partial charge in [0.1, 0.15) is 11.4 Å². The van der Waals surface area contributed by atoms with Crippen molar-refractivity contribution in [3.05, 3.63) is 46.2 Å². The van der Waals surface area contributed by atoms with Gasteiger partial charge in [-0.3, -0.25) is 4.79 Å². The first kappa shape index (κ1) is 12.6. The second-order valence-corrected chi connectivity index (χ2v) is 4.46. The van der Waals surface area contributed by atoms with Gasteiger partial charge >= 0.3 is 0 Å². The average Bonchev–Trinajstić information content (AvgIpc) is 2.70. The van der Waals surface area contributed by atoms with E-state index in [9.17, 15) is 13.6 Å². The fourth-order valence-electron chi connectivity index (χ4n) is 1.38. The monoisotopic (exact) mass is 315 g/mol. The number of halogens is 3. The van der Waals surface area contributed by atoms with Crippen molar-refractivity contribution in [2.45, 2.75) is 0 Å². The Morgan fingerprint density at radius 1 is 1.28 bits per heavy atom. The number of anilines is 2. The largest absolute Gasteiger partial charge is 0.397 e. The van der Waals surface area contributed by atoms with Gasteiger partial charge in [0.05, 0.1) is 0 Å². The molecule has 0 bridgehead atoms.